The number of nitrogens with one attached hydrogen (secondary N) is 3. The van der Waals surface area contributed by atoms with Gasteiger partial charge in [-0.05, 0) is 33.1 Å². The van der Waals surface area contributed by atoms with Crippen LogP contribution >= 0.6 is 0 Å². The summed E-state index contributed by atoms with van der Waals surface area (Å²) in [5.41, 5.74) is 19.2. The Bertz CT molecular complexity index is 2940. The minimum Gasteiger partial charge on any atom is -0.668 e. The summed E-state index contributed by atoms with van der Waals surface area (Å²) in [7, 11) is 0. The fourth-order valence-corrected chi connectivity index (χ4v) is 16.3. The zero-order valence-corrected chi connectivity index (χ0v) is 82.6. The molecule has 0 bridgehead atoms. The largest absolute Gasteiger partial charge is 0.668 e. The maximum absolute atomic E-state index is 13.6. The van der Waals surface area contributed by atoms with Gasteiger partial charge in [0.2, 0.25) is 5.91 Å². The van der Waals surface area contributed by atoms with Crippen molar-refractivity contribution in [1.29, 1.82) is 0 Å². The van der Waals surface area contributed by atoms with E-state index in [1.807, 2.05) is 0 Å². The number of carbonyl (C=O) groups is 1. The minimum absolute atomic E-state index is 0. The number of aliphatic hydroxyl groups is 24. The third kappa shape index (κ3) is 34.4. The fraction of sp³-hybridized carbons (Fsp3) is 0.963. The van der Waals surface area contributed by atoms with E-state index in [-0.39, 0.29) is 94.5 Å². The summed E-state index contributed by atoms with van der Waals surface area (Å²) in [4.78, 5) is 13.6. The van der Waals surface area contributed by atoms with Crippen molar-refractivity contribution in [3.8, 4) is 0 Å². The van der Waals surface area contributed by atoms with Gasteiger partial charge in [0.1, 0.15) is 171 Å². The summed E-state index contributed by atoms with van der Waals surface area (Å²) < 4.78 is 88.1. The predicted molar refractivity (Wildman–Crippen MR) is 431 cm³/mol. The summed E-state index contributed by atoms with van der Waals surface area (Å²) in [6.45, 7) is -0.434. The Morgan fingerprint density at radius 1 is 0.362 bits per heavy atom. The molecule has 7 saturated heterocycles. The number of rotatable bonds is 56. The number of carbonyl (C=O) groups excluding carboxylic acids is 1. The minimum atomic E-state index is -2.90. The number of hydrogen-bond donors (Lipinski definition) is 25. The van der Waals surface area contributed by atoms with Crippen LogP contribution in [0.15, 0.2) is 12.2 Å². The molecule has 0 aromatic heterocycles. The molecule has 7 aliphatic heterocycles. The molecule has 740 valence electrons. The number of allylic oxidation sites excluding steroid dienone is 1. The second-order valence-corrected chi connectivity index (χ2v) is 34.1. The van der Waals surface area contributed by atoms with E-state index in [9.17, 15) is 139 Å². The quantitative estimate of drug-likeness (QED) is 0.0155. The van der Waals surface area contributed by atoms with Gasteiger partial charge < -0.3 is 210 Å². The Labute approximate surface area is 813 Å². The van der Waals surface area contributed by atoms with Crippen molar-refractivity contribution in [1.82, 2.24) is 5.32 Å². The summed E-state index contributed by atoms with van der Waals surface area (Å²) >= 11 is 0. The molecule has 7 fully saturated rings. The van der Waals surface area contributed by atoms with Gasteiger partial charge in [-0.1, -0.05) is 179 Å². The molecule has 0 aliphatic carbocycles. The smallest absolute Gasteiger partial charge is 0.220 e. The van der Waals surface area contributed by atoms with Crippen LogP contribution in [0.4, 0.5) is 0 Å². The third-order valence-corrected chi connectivity index (χ3v) is 24.3. The predicted octanol–water partition coefficient (Wildman–Crippen LogP) is -4.71. The van der Waals surface area contributed by atoms with Crippen molar-refractivity contribution in [2.24, 2.45) is 0 Å². The number of amides is 1. The van der Waals surface area contributed by atoms with Crippen LogP contribution in [0.25, 0.3) is 11.5 Å². The maximum Gasteiger partial charge on any atom is 0.220 e. The van der Waals surface area contributed by atoms with Gasteiger partial charge in [0.25, 0.3) is 0 Å². The summed E-state index contributed by atoms with van der Waals surface area (Å²) in [6.07, 6.45) is -49.8. The average Bonchev–Trinajstić information content (AvgIpc) is 0.772. The molecule has 1 amide bonds. The van der Waals surface area contributed by atoms with Gasteiger partial charge in [-0.3, -0.25) is 4.79 Å². The molecule has 27 N–H and O–H groups in total. The molecule has 42 atom stereocenters. The van der Waals surface area contributed by atoms with E-state index in [1.54, 1.807) is 6.08 Å². The molecule has 7 heterocycles. The molecule has 0 spiro atoms. The van der Waals surface area contributed by atoms with Crippen LogP contribution in [0.5, 0.6) is 0 Å². The van der Waals surface area contributed by atoms with Crippen molar-refractivity contribution in [3.63, 3.8) is 0 Å². The first kappa shape index (κ1) is 118. The molecular weight excluding hydrogens is 2120 g/mol. The first-order valence-corrected chi connectivity index (χ1v) is 44.8. The van der Waals surface area contributed by atoms with Gasteiger partial charge in [-0.25, -0.2) is 0 Å². The van der Waals surface area contributed by atoms with Crippen LogP contribution in [-0.2, 0) is 75.8 Å². The summed E-state index contributed by atoms with van der Waals surface area (Å²) in [5.74, 6) is -0.418. The Morgan fingerprint density at radius 3 is 1.13 bits per heavy atom. The van der Waals surface area contributed by atoms with E-state index in [4.69, 9.17) is 71.1 Å². The van der Waals surface area contributed by atoms with Crippen molar-refractivity contribution >= 4 is 5.91 Å². The molecule has 27 unspecified atom stereocenters. The van der Waals surface area contributed by atoms with Crippen LogP contribution in [0.2, 0.25) is 0 Å². The van der Waals surface area contributed by atoms with Crippen LogP contribution in [0.3, 0.4) is 0 Å². The molecule has 127 heavy (non-hydrogen) atoms. The number of unbranched alkanes of at least 4 members (excludes halogenated alkanes) is 23. The molecule has 45 heteroatoms. The van der Waals surface area contributed by atoms with E-state index in [0.29, 0.717) is 12.8 Å². The van der Waals surface area contributed by atoms with Crippen molar-refractivity contribution in [3.05, 3.63) is 23.6 Å². The van der Waals surface area contributed by atoms with Crippen LogP contribution in [0.1, 0.15) is 195 Å². The maximum atomic E-state index is 13.6. The molecular formula is C82H149Ac2N3O40-2. The van der Waals surface area contributed by atoms with E-state index in [2.05, 4.69) is 19.2 Å². The van der Waals surface area contributed by atoms with E-state index < -0.39 is 310 Å². The Hall–Kier alpha value is 0.453. The van der Waals surface area contributed by atoms with Crippen molar-refractivity contribution in [2.45, 2.75) is 452 Å². The molecule has 0 aromatic rings. The van der Waals surface area contributed by atoms with Gasteiger partial charge in [-0.15, -0.1) is 0 Å². The van der Waals surface area contributed by atoms with Gasteiger partial charge in [0, 0.05) is 94.5 Å². The first-order valence-electron chi connectivity index (χ1n) is 44.8. The average molecular weight is 2270 g/mol. The number of hydrogen-bond acceptors (Lipinski definition) is 40. The summed E-state index contributed by atoms with van der Waals surface area (Å²) in [6, 6.07) is -5.63. The van der Waals surface area contributed by atoms with Crippen molar-refractivity contribution < 1.29 is 287 Å². The SMILES string of the molecule is CCCCCCCCCCCCC/C=C/C(O)C(CO[C@@H]1OC(CO)[C@H](O[C@@H](O)C(O)C(O[C@@H]2OC(CO)[C@H](O[C@@H]3OC(C)[C@H](O)C(O)C3O)C(O[C@@H]3OC(CO)[C@H](O)C(O)C3O)C2[NH-])[C@@H](O)C(O)CO[C@@H]2OC(CO)[C@H](O[C@@H]3OC(CO)[C@H](O)C(O)C3O)C(OC3OC(C)[C@@H](O)C(O)C3O)C2[NH-])C(O)C1O)NC(=O)CCCCCCCCCCCCCCC.[Ac].[Ac]. The molecule has 43 nitrogen and oxygen atoms in total. The second kappa shape index (κ2) is 61.1. The van der Waals surface area contributed by atoms with Crippen LogP contribution in [-0.4, -0.2) is 432 Å². The van der Waals surface area contributed by atoms with Gasteiger partial charge >= 0.3 is 0 Å². The van der Waals surface area contributed by atoms with E-state index in [0.717, 1.165) is 64.2 Å². The van der Waals surface area contributed by atoms with E-state index >= 15 is 0 Å². The Morgan fingerprint density at radius 2 is 0.701 bits per heavy atom. The topological polar surface area (TPSA) is 701 Å². The molecule has 7 rings (SSSR count). The number of aliphatic hydroxyl groups excluding tert-OH is 24. The monoisotopic (exact) mass is 2270 g/mol. The zero-order valence-electron chi connectivity index (χ0n) is 73.2. The molecule has 2 radical (unpaired) electrons. The van der Waals surface area contributed by atoms with Crippen LogP contribution < -0.4 is 5.32 Å². The molecule has 0 aromatic carbocycles. The molecule has 7 aliphatic rings. The van der Waals surface area contributed by atoms with Gasteiger partial charge in [0.05, 0.1) is 82.8 Å². The molecule has 0 saturated carbocycles. The second-order valence-electron chi connectivity index (χ2n) is 34.1. The summed E-state index contributed by atoms with van der Waals surface area (Å²) in [5, 5.41) is 270. The van der Waals surface area contributed by atoms with Crippen molar-refractivity contribution in [2.75, 3.05) is 46.2 Å². The Balaban J connectivity index is 0.0000143. The fourth-order valence-electron chi connectivity index (χ4n) is 16.3. The number of ether oxygens (including phenoxy) is 15. The Kier molecular flexibility index (Phi) is 56.8. The third-order valence-electron chi connectivity index (χ3n) is 24.3. The van der Waals surface area contributed by atoms with E-state index in [1.165, 1.54) is 103 Å². The normalized spacial score (nSPS) is 39.1. The standard InChI is InChI=1S/C82H149N3O40.2Ac/c1-5-7-9-11-13-15-17-19-21-23-25-27-29-31-43(91)42(85-50(93)32-30-28-26-24-22-20-18-16-14-12-10-8-6-2)38-111-78-67(108)62(103)69(47(35-88)119-78)120-75(110)68(109)74(125-77-52(84)73(124-82-66(107)61(102)57(98)46(34-87)116-82)71(49(37-90)118-77)121-79-63(104)58(99)53(94)40(3)113-79)55(96)44(92)39-112-76-51(83)72(123-80-64(105)59(100)54(95)41(4)114-80)70(48(36-89)117-76)122-81-65(106)60(101)56(97)45(33-86)115-81;;/h29,31,40-49,51-84,86-92,94-110H,5-28,30,32-39H2,1-4H3,(H,85,93);;/q-2;;/b31-29+;;/t40?,41?,42?,43?,44?,45?,46?,47?,48?,49?,51?,52?,53-,54+,55-,56-,57-,58?,59?,60?,61?,62?,63?,64?,65?,66?,67?,68?,69-,70-,71-,72?,73?,74?,75+,76+,77-,78+,79-,80?,81-,82-;;/m0../s1. The first-order chi connectivity index (χ1) is 59.7. The zero-order chi connectivity index (χ0) is 91.9. The van der Waals surface area contributed by atoms with Gasteiger partial charge in [-0.2, -0.15) is 0 Å². The van der Waals surface area contributed by atoms with Gasteiger partial charge in [0.15, 0.2) is 37.7 Å². The van der Waals surface area contributed by atoms with Crippen LogP contribution in [0, 0.1) is 88.1 Å².